The Labute approximate surface area is 159 Å². The van der Waals surface area contributed by atoms with Crippen molar-refractivity contribution in [1.29, 1.82) is 0 Å². The van der Waals surface area contributed by atoms with Crippen LogP contribution in [0.1, 0.15) is 59.9 Å². The Bertz CT molecular complexity index is 564. The number of ether oxygens (including phenoxy) is 3. The quantitative estimate of drug-likeness (QED) is 0.525. The molecule has 0 N–H and O–H groups in total. The van der Waals surface area contributed by atoms with E-state index < -0.39 is 5.79 Å². The number of hydrogen-bond donors (Lipinski definition) is 0. The van der Waals surface area contributed by atoms with Gasteiger partial charge in [-0.1, -0.05) is 55.8 Å². The summed E-state index contributed by atoms with van der Waals surface area (Å²) in [4.78, 5) is 0. The maximum Gasteiger partial charge on any atom is 0.163 e. The fourth-order valence-corrected chi connectivity index (χ4v) is 3.80. The molecule has 0 amide bonds. The van der Waals surface area contributed by atoms with Crippen LogP contribution in [0.25, 0.3) is 0 Å². The van der Waals surface area contributed by atoms with Crippen LogP contribution in [0.15, 0.2) is 42.0 Å². The van der Waals surface area contributed by atoms with Crippen LogP contribution in [-0.2, 0) is 20.8 Å². The van der Waals surface area contributed by atoms with Gasteiger partial charge in [-0.3, -0.25) is 0 Å². The molecule has 0 aliphatic carbocycles. The number of allylic oxidation sites excluding steroid dienone is 2. The average molecular weight is 361 g/mol. The zero-order valence-electron chi connectivity index (χ0n) is 17.3. The lowest BCUT2D eigenvalue weighted by Gasteiger charge is -2.31. The number of benzene rings is 1. The molecule has 1 aliphatic heterocycles. The first-order chi connectivity index (χ1) is 12.3. The van der Waals surface area contributed by atoms with Gasteiger partial charge in [-0.25, -0.2) is 0 Å². The molecule has 1 heterocycles. The van der Waals surface area contributed by atoms with Gasteiger partial charge in [0, 0.05) is 0 Å². The van der Waals surface area contributed by atoms with Gasteiger partial charge in [-0.05, 0) is 57.9 Å². The molecule has 0 unspecified atom stereocenters. The highest BCUT2D eigenvalue weighted by molar-refractivity contribution is 5.13. The van der Waals surface area contributed by atoms with Gasteiger partial charge >= 0.3 is 0 Å². The Morgan fingerprint density at radius 2 is 1.96 bits per heavy atom. The van der Waals surface area contributed by atoms with Crippen molar-refractivity contribution in [2.75, 3.05) is 6.61 Å². The SMILES string of the molecule is C/C=C(\C)C[C@H](C)C[C@H](C)[C@@H](OCc1ccccc1)[C@H]1COC(C)(C)O1. The van der Waals surface area contributed by atoms with E-state index in [-0.39, 0.29) is 12.2 Å². The predicted octanol–water partition coefficient (Wildman–Crippen LogP) is 5.74. The summed E-state index contributed by atoms with van der Waals surface area (Å²) in [6.07, 6.45) is 4.48. The van der Waals surface area contributed by atoms with E-state index in [0.717, 1.165) is 12.8 Å². The lowest BCUT2D eigenvalue weighted by atomic mass is 9.87. The number of hydrogen-bond acceptors (Lipinski definition) is 3. The Morgan fingerprint density at radius 1 is 1.27 bits per heavy atom. The highest BCUT2D eigenvalue weighted by Crippen LogP contribution is 2.32. The summed E-state index contributed by atoms with van der Waals surface area (Å²) in [5.74, 6) is 0.506. The van der Waals surface area contributed by atoms with Crippen molar-refractivity contribution in [2.24, 2.45) is 11.8 Å². The van der Waals surface area contributed by atoms with Crippen LogP contribution in [0.2, 0.25) is 0 Å². The van der Waals surface area contributed by atoms with Gasteiger partial charge in [0.05, 0.1) is 19.3 Å². The molecule has 3 heteroatoms. The Kier molecular flexibility index (Phi) is 7.87. The minimum absolute atomic E-state index is 0.0151. The molecule has 3 nitrogen and oxygen atoms in total. The summed E-state index contributed by atoms with van der Waals surface area (Å²) in [6.45, 7) is 14.1. The summed E-state index contributed by atoms with van der Waals surface area (Å²) in [5.41, 5.74) is 2.65. The molecule has 1 aliphatic rings. The van der Waals surface area contributed by atoms with Gasteiger partial charge in [0.1, 0.15) is 6.10 Å². The fraction of sp³-hybridized carbons (Fsp3) is 0.652. The maximum absolute atomic E-state index is 6.38. The molecule has 2 rings (SSSR count). The molecule has 0 aromatic heterocycles. The molecular weight excluding hydrogens is 324 g/mol. The lowest BCUT2D eigenvalue weighted by molar-refractivity contribution is -0.164. The second kappa shape index (κ2) is 9.68. The van der Waals surface area contributed by atoms with E-state index in [1.54, 1.807) is 0 Å². The van der Waals surface area contributed by atoms with Crippen LogP contribution >= 0.6 is 0 Å². The van der Waals surface area contributed by atoms with Crippen molar-refractivity contribution in [1.82, 2.24) is 0 Å². The third kappa shape index (κ3) is 6.53. The zero-order chi connectivity index (χ0) is 19.2. The average Bonchev–Trinajstić information content (AvgIpc) is 2.95. The molecule has 146 valence electrons. The van der Waals surface area contributed by atoms with Crippen LogP contribution in [-0.4, -0.2) is 24.6 Å². The monoisotopic (exact) mass is 360 g/mol. The van der Waals surface area contributed by atoms with Crippen molar-refractivity contribution in [2.45, 2.75) is 79.0 Å². The van der Waals surface area contributed by atoms with E-state index in [1.807, 2.05) is 19.9 Å². The zero-order valence-corrected chi connectivity index (χ0v) is 17.3. The molecule has 0 saturated carbocycles. The van der Waals surface area contributed by atoms with Gasteiger partial charge in [-0.2, -0.15) is 0 Å². The largest absolute Gasteiger partial charge is 0.370 e. The van der Waals surface area contributed by atoms with Crippen LogP contribution < -0.4 is 0 Å². The highest BCUT2D eigenvalue weighted by Gasteiger charge is 2.40. The molecular formula is C23H36O3. The Morgan fingerprint density at radius 3 is 2.54 bits per heavy atom. The van der Waals surface area contributed by atoms with Crippen LogP contribution in [0.3, 0.4) is 0 Å². The summed E-state index contributed by atoms with van der Waals surface area (Å²) in [5, 5.41) is 0. The van der Waals surface area contributed by atoms with Gasteiger partial charge in [0.15, 0.2) is 5.79 Å². The van der Waals surface area contributed by atoms with Crippen molar-refractivity contribution in [3.05, 3.63) is 47.5 Å². The second-order valence-corrected chi connectivity index (χ2v) is 8.29. The topological polar surface area (TPSA) is 27.7 Å². The molecule has 4 atom stereocenters. The molecule has 1 aromatic rings. The summed E-state index contributed by atoms with van der Waals surface area (Å²) in [7, 11) is 0. The van der Waals surface area contributed by atoms with E-state index in [2.05, 4.69) is 58.0 Å². The molecule has 1 saturated heterocycles. The minimum atomic E-state index is -0.522. The van der Waals surface area contributed by atoms with Gasteiger partial charge in [0.25, 0.3) is 0 Å². The molecule has 1 aromatic carbocycles. The smallest absolute Gasteiger partial charge is 0.163 e. The van der Waals surface area contributed by atoms with Crippen molar-refractivity contribution < 1.29 is 14.2 Å². The van der Waals surface area contributed by atoms with E-state index in [1.165, 1.54) is 11.1 Å². The first-order valence-corrected chi connectivity index (χ1v) is 9.90. The normalized spacial score (nSPS) is 23.6. The summed E-state index contributed by atoms with van der Waals surface area (Å²) in [6, 6.07) is 10.4. The van der Waals surface area contributed by atoms with Crippen molar-refractivity contribution >= 4 is 0 Å². The standard InChI is InChI=1S/C23H36O3/c1-7-17(2)13-18(3)14-19(4)22(21-16-25-23(5,6)26-21)24-15-20-11-9-8-10-12-20/h7-12,18-19,21-22H,13-16H2,1-6H3/b17-7+/t18-,19-,21+,22+/m0/s1. The van der Waals surface area contributed by atoms with Crippen LogP contribution in [0.5, 0.6) is 0 Å². The van der Waals surface area contributed by atoms with E-state index >= 15 is 0 Å². The second-order valence-electron chi connectivity index (χ2n) is 8.29. The van der Waals surface area contributed by atoms with Crippen molar-refractivity contribution in [3.63, 3.8) is 0 Å². The van der Waals surface area contributed by atoms with Crippen LogP contribution in [0.4, 0.5) is 0 Å². The fourth-order valence-electron chi connectivity index (χ4n) is 3.80. The third-order valence-electron chi connectivity index (χ3n) is 5.18. The summed E-state index contributed by atoms with van der Waals surface area (Å²) >= 11 is 0. The first-order valence-electron chi connectivity index (χ1n) is 9.90. The lowest BCUT2D eigenvalue weighted by Crippen LogP contribution is -2.38. The van der Waals surface area contributed by atoms with E-state index in [9.17, 15) is 0 Å². The molecule has 0 radical (unpaired) electrons. The Balaban J connectivity index is 2.01. The first kappa shape index (κ1) is 21.1. The maximum atomic E-state index is 6.38. The molecule has 1 fully saturated rings. The van der Waals surface area contributed by atoms with Gasteiger partial charge in [0.2, 0.25) is 0 Å². The van der Waals surface area contributed by atoms with E-state index in [0.29, 0.717) is 25.0 Å². The minimum Gasteiger partial charge on any atom is -0.370 e. The van der Waals surface area contributed by atoms with Gasteiger partial charge < -0.3 is 14.2 Å². The van der Waals surface area contributed by atoms with Crippen LogP contribution in [0, 0.1) is 11.8 Å². The van der Waals surface area contributed by atoms with Crippen molar-refractivity contribution in [3.8, 4) is 0 Å². The molecule has 0 spiro atoms. The molecule has 0 bridgehead atoms. The highest BCUT2D eigenvalue weighted by atomic mass is 16.7. The Hall–Kier alpha value is -1.16. The predicted molar refractivity (Wildman–Crippen MR) is 107 cm³/mol. The third-order valence-corrected chi connectivity index (χ3v) is 5.18. The number of rotatable bonds is 9. The molecule has 26 heavy (non-hydrogen) atoms. The summed E-state index contributed by atoms with van der Waals surface area (Å²) < 4.78 is 18.3. The van der Waals surface area contributed by atoms with Gasteiger partial charge in [-0.15, -0.1) is 0 Å². The van der Waals surface area contributed by atoms with E-state index in [4.69, 9.17) is 14.2 Å².